The summed E-state index contributed by atoms with van der Waals surface area (Å²) in [5.41, 5.74) is -11.6. The van der Waals surface area contributed by atoms with E-state index in [0.29, 0.717) is 22.3 Å². The van der Waals surface area contributed by atoms with Crippen molar-refractivity contribution in [3.8, 4) is 0 Å². The molecule has 2 atom stereocenters. The second-order valence-electron chi connectivity index (χ2n) is 11.3. The number of rotatable bonds is 6. The van der Waals surface area contributed by atoms with Crippen LogP contribution in [-0.2, 0) is 62.6 Å². The Kier molecular flexibility index (Phi) is 14.6. The molecule has 0 aromatic heterocycles. The van der Waals surface area contributed by atoms with Crippen molar-refractivity contribution < 1.29 is 93.7 Å². The minimum Gasteiger partial charge on any atom is -0.378 e. The first-order chi connectivity index (χ1) is 23.4. The number of ether oxygens (including phenoxy) is 2. The van der Waals surface area contributed by atoms with Crippen LogP contribution in [0.3, 0.4) is 0 Å². The zero-order chi connectivity index (χ0) is 38.5. The van der Waals surface area contributed by atoms with Crippen molar-refractivity contribution in [2.45, 2.75) is 54.1 Å². The number of hydrogen-bond acceptors (Lipinski definition) is 8. The van der Waals surface area contributed by atoms with Crippen molar-refractivity contribution in [2.75, 3.05) is 0 Å². The Morgan fingerprint density at radius 1 is 0.500 bits per heavy atom. The van der Waals surface area contributed by atoms with Crippen molar-refractivity contribution in [3.63, 3.8) is 0 Å². The van der Waals surface area contributed by atoms with Gasteiger partial charge < -0.3 is 19.7 Å². The fourth-order valence-corrected chi connectivity index (χ4v) is 5.13. The van der Waals surface area contributed by atoms with E-state index in [1.807, 2.05) is 135 Å². The van der Waals surface area contributed by atoms with Crippen LogP contribution in [0.5, 0.6) is 0 Å². The van der Waals surface area contributed by atoms with Gasteiger partial charge in [-0.25, -0.2) is 0 Å². The second kappa shape index (κ2) is 16.9. The van der Waals surface area contributed by atoms with Gasteiger partial charge in [-0.15, -0.1) is 0 Å². The molecule has 0 spiro atoms. The van der Waals surface area contributed by atoms with Crippen LogP contribution < -0.4 is 0 Å². The smallest absolute Gasteiger partial charge is 0.378 e. The molecule has 1 aliphatic heterocycles. The standard InChI is InChI=1S/C31H30O4.2CHF3O3S.Ti/c1-29(2)34-27(30(32,23-15-7-3-8-16-23)24-17-9-4-10-18-24)28(35-29)31(33,25-19-11-5-12-20-25)26-21-13-6-14-22-26;2*2-1(3,4)8(5,6)7;/h3-22,27-28,32-33H,1-2H3;2*(H,5,6,7);/t27-,28-;;;/m1.../s1. The van der Waals surface area contributed by atoms with Crippen LogP contribution in [0.1, 0.15) is 36.1 Å². The zero-order valence-corrected chi connectivity index (χ0v) is 30.2. The normalized spacial score (nSPS) is 17.8. The molecule has 1 fully saturated rings. The van der Waals surface area contributed by atoms with Crippen LogP contribution in [0.2, 0.25) is 0 Å². The van der Waals surface area contributed by atoms with E-state index in [0.717, 1.165) is 0 Å². The molecule has 4 N–H and O–H groups in total. The fraction of sp³-hybridized carbons (Fsp3) is 0.273. The van der Waals surface area contributed by atoms with Crippen molar-refractivity contribution in [1.29, 1.82) is 0 Å². The molecule has 0 saturated carbocycles. The molecule has 1 aliphatic rings. The molecule has 0 amide bonds. The van der Waals surface area contributed by atoms with Gasteiger partial charge in [0, 0.05) is 21.7 Å². The molecule has 4 aromatic rings. The van der Waals surface area contributed by atoms with Gasteiger partial charge in [0.15, 0.2) is 5.79 Å². The monoisotopic (exact) mass is 814 g/mol. The summed E-state index contributed by atoms with van der Waals surface area (Å²) in [6, 6.07) is 37.8. The summed E-state index contributed by atoms with van der Waals surface area (Å²) >= 11 is 0. The first-order valence-electron chi connectivity index (χ1n) is 14.5. The molecule has 4 aromatic carbocycles. The molecule has 1 heterocycles. The average molecular weight is 815 g/mol. The summed E-state index contributed by atoms with van der Waals surface area (Å²) in [6.45, 7) is 3.62. The summed E-state index contributed by atoms with van der Waals surface area (Å²) in [4.78, 5) is 0. The molecular formula is C33H32F6O10S2Ti. The Hall–Kier alpha value is -3.17. The molecule has 0 bridgehead atoms. The maximum atomic E-state index is 12.6. The SMILES string of the molecule is CC1(C)O[C@@H](C(O)(c2ccccc2)c2ccccc2)[C@H](C(O)(c2ccccc2)c2ccccc2)O1.O=S(=O)(O)C(F)(F)F.O=S(=O)(O)C(F)(F)F.[Ti]. The first-order valence-corrected chi connectivity index (χ1v) is 17.3. The summed E-state index contributed by atoms with van der Waals surface area (Å²) < 4.78 is 128. The minimum atomic E-state index is -5.84. The molecule has 1 saturated heterocycles. The summed E-state index contributed by atoms with van der Waals surface area (Å²) in [5.74, 6) is -1.05. The number of alkyl halides is 6. The molecular weight excluding hydrogens is 782 g/mol. The van der Waals surface area contributed by atoms with Gasteiger partial charge in [0.1, 0.15) is 23.4 Å². The van der Waals surface area contributed by atoms with E-state index in [4.69, 9.17) is 35.4 Å². The zero-order valence-electron chi connectivity index (χ0n) is 27.0. The largest absolute Gasteiger partial charge is 0.522 e. The van der Waals surface area contributed by atoms with E-state index in [-0.39, 0.29) is 21.7 Å². The third kappa shape index (κ3) is 10.5. The number of halogens is 6. The van der Waals surface area contributed by atoms with Crippen molar-refractivity contribution >= 4 is 20.2 Å². The quantitative estimate of drug-likeness (QED) is 0.0766. The molecule has 5 rings (SSSR count). The molecule has 0 radical (unpaired) electrons. The number of benzene rings is 4. The topological polar surface area (TPSA) is 168 Å². The maximum absolute atomic E-state index is 12.6. The third-order valence-corrected chi connectivity index (χ3v) is 8.53. The van der Waals surface area contributed by atoms with Crippen LogP contribution in [0.25, 0.3) is 0 Å². The third-order valence-electron chi connectivity index (χ3n) is 7.36. The maximum Gasteiger partial charge on any atom is 0.522 e. The first kappa shape index (κ1) is 45.0. The van der Waals surface area contributed by atoms with E-state index in [2.05, 4.69) is 0 Å². The molecule has 282 valence electrons. The van der Waals surface area contributed by atoms with E-state index >= 15 is 0 Å². The molecule has 0 unspecified atom stereocenters. The van der Waals surface area contributed by atoms with Crippen LogP contribution >= 0.6 is 0 Å². The summed E-state index contributed by atoms with van der Waals surface area (Å²) in [5, 5.41) is 25.2. The van der Waals surface area contributed by atoms with Gasteiger partial charge >= 0.3 is 31.3 Å². The summed E-state index contributed by atoms with van der Waals surface area (Å²) in [6.07, 6.45) is -1.87. The van der Waals surface area contributed by atoms with Crippen LogP contribution in [0, 0.1) is 0 Å². The predicted molar refractivity (Wildman–Crippen MR) is 171 cm³/mol. The van der Waals surface area contributed by atoms with Gasteiger partial charge in [-0.1, -0.05) is 121 Å². The van der Waals surface area contributed by atoms with Gasteiger partial charge in [-0.05, 0) is 36.1 Å². The van der Waals surface area contributed by atoms with E-state index in [1.54, 1.807) is 0 Å². The Morgan fingerprint density at radius 3 is 0.827 bits per heavy atom. The molecule has 19 heteroatoms. The van der Waals surface area contributed by atoms with Gasteiger partial charge in [0.05, 0.1) is 0 Å². The van der Waals surface area contributed by atoms with Crippen LogP contribution in [0.4, 0.5) is 26.3 Å². The van der Waals surface area contributed by atoms with Gasteiger partial charge in [-0.3, -0.25) is 9.11 Å². The Labute approximate surface area is 310 Å². The number of aliphatic hydroxyl groups is 2. The molecule has 10 nitrogen and oxygen atoms in total. The Balaban J connectivity index is 0.000000462. The molecule has 0 aliphatic carbocycles. The van der Waals surface area contributed by atoms with Crippen molar-refractivity contribution in [3.05, 3.63) is 144 Å². The second-order valence-corrected chi connectivity index (χ2v) is 14.1. The van der Waals surface area contributed by atoms with E-state index in [9.17, 15) is 36.6 Å². The van der Waals surface area contributed by atoms with Gasteiger partial charge in [0.25, 0.3) is 0 Å². The predicted octanol–water partition coefficient (Wildman–Crippen LogP) is 6.16. The van der Waals surface area contributed by atoms with E-state index in [1.165, 1.54) is 0 Å². The Morgan fingerprint density at radius 2 is 0.673 bits per heavy atom. The Bertz CT molecular complexity index is 1710. The molecule has 52 heavy (non-hydrogen) atoms. The minimum absolute atomic E-state index is 0. The number of hydrogen-bond donors (Lipinski definition) is 4. The summed E-state index contributed by atoms with van der Waals surface area (Å²) in [7, 11) is -11.7. The van der Waals surface area contributed by atoms with Gasteiger partial charge in [0.2, 0.25) is 0 Å². The van der Waals surface area contributed by atoms with Crippen LogP contribution in [0.15, 0.2) is 121 Å². The van der Waals surface area contributed by atoms with Crippen molar-refractivity contribution in [1.82, 2.24) is 0 Å². The fourth-order valence-electron chi connectivity index (χ4n) is 5.13. The van der Waals surface area contributed by atoms with E-state index < -0.39 is 60.5 Å². The van der Waals surface area contributed by atoms with Crippen molar-refractivity contribution in [2.24, 2.45) is 0 Å². The average Bonchev–Trinajstić information content (AvgIpc) is 3.40. The van der Waals surface area contributed by atoms with Gasteiger partial charge in [-0.2, -0.15) is 43.2 Å². The van der Waals surface area contributed by atoms with Crippen LogP contribution in [-0.4, -0.2) is 65.2 Å².